The van der Waals surface area contributed by atoms with Crippen LogP contribution in [-0.2, 0) is 4.79 Å². The second-order valence-electron chi connectivity index (χ2n) is 7.16. The minimum absolute atomic E-state index is 0.240. The largest absolute Gasteiger partial charge is 0.352 e. The summed E-state index contributed by atoms with van der Waals surface area (Å²) in [6.07, 6.45) is 14.6. The highest BCUT2D eigenvalue weighted by atomic mass is 16.1. The molecular weight excluding hydrogens is 248 g/mol. The maximum absolute atomic E-state index is 11.3. The quantitative estimate of drug-likeness (QED) is 0.830. The van der Waals surface area contributed by atoms with Gasteiger partial charge in [-0.3, -0.25) is 4.79 Å². The average molecular weight is 278 g/mol. The molecule has 2 N–H and O–H groups in total. The summed E-state index contributed by atoms with van der Waals surface area (Å²) in [6.45, 7) is 0.986. The molecule has 2 saturated carbocycles. The van der Waals surface area contributed by atoms with Crippen molar-refractivity contribution in [1.82, 2.24) is 10.6 Å². The average Bonchev–Trinajstić information content (AvgIpc) is 2.92. The van der Waals surface area contributed by atoms with E-state index in [2.05, 4.69) is 10.6 Å². The zero-order valence-corrected chi connectivity index (χ0v) is 12.7. The molecule has 3 fully saturated rings. The van der Waals surface area contributed by atoms with Gasteiger partial charge in [0.2, 0.25) is 5.91 Å². The predicted molar refractivity (Wildman–Crippen MR) is 81.5 cm³/mol. The summed E-state index contributed by atoms with van der Waals surface area (Å²) in [5.74, 6) is 2.12. The van der Waals surface area contributed by atoms with Crippen LogP contribution in [0.2, 0.25) is 0 Å². The van der Waals surface area contributed by atoms with Crippen molar-refractivity contribution in [2.24, 2.45) is 11.8 Å². The maximum Gasteiger partial charge on any atom is 0.220 e. The fourth-order valence-corrected chi connectivity index (χ4v) is 4.66. The second kappa shape index (κ2) is 6.93. The van der Waals surface area contributed by atoms with Crippen LogP contribution in [-0.4, -0.2) is 24.5 Å². The van der Waals surface area contributed by atoms with E-state index in [0.29, 0.717) is 12.1 Å². The third-order valence-electron chi connectivity index (χ3n) is 5.79. The second-order valence-corrected chi connectivity index (χ2v) is 7.16. The molecule has 20 heavy (non-hydrogen) atoms. The molecule has 3 atom stereocenters. The van der Waals surface area contributed by atoms with Gasteiger partial charge in [0.05, 0.1) is 0 Å². The first-order valence-electron chi connectivity index (χ1n) is 8.85. The first-order chi connectivity index (χ1) is 9.83. The molecule has 0 radical (unpaired) electrons. The fourth-order valence-electron chi connectivity index (χ4n) is 4.66. The maximum atomic E-state index is 11.3. The molecule has 0 aromatic rings. The van der Waals surface area contributed by atoms with Gasteiger partial charge in [0.25, 0.3) is 0 Å². The smallest absolute Gasteiger partial charge is 0.220 e. The summed E-state index contributed by atoms with van der Waals surface area (Å²) >= 11 is 0. The summed E-state index contributed by atoms with van der Waals surface area (Å²) in [5.41, 5.74) is 0. The van der Waals surface area contributed by atoms with Crippen molar-refractivity contribution in [3.63, 3.8) is 0 Å². The minimum atomic E-state index is 0.240. The molecule has 1 saturated heterocycles. The van der Waals surface area contributed by atoms with Gasteiger partial charge in [-0.15, -0.1) is 0 Å². The number of rotatable bonds is 4. The number of carbonyl (C=O) groups is 1. The van der Waals surface area contributed by atoms with E-state index in [-0.39, 0.29) is 5.91 Å². The van der Waals surface area contributed by atoms with Crippen molar-refractivity contribution in [1.29, 1.82) is 0 Å². The Morgan fingerprint density at radius 1 is 0.950 bits per heavy atom. The lowest BCUT2D eigenvalue weighted by molar-refractivity contribution is -0.119. The number of nitrogens with one attached hydrogen (secondary N) is 2. The van der Waals surface area contributed by atoms with Crippen molar-refractivity contribution < 1.29 is 4.79 Å². The van der Waals surface area contributed by atoms with Crippen LogP contribution in [0, 0.1) is 11.8 Å². The van der Waals surface area contributed by atoms with Gasteiger partial charge in [-0.05, 0) is 31.1 Å². The SMILES string of the molecule is O=C1CCC(CNC2CCCCC2C2CCCCC2)N1. The molecule has 3 rings (SSSR count). The van der Waals surface area contributed by atoms with E-state index in [4.69, 9.17) is 0 Å². The standard InChI is InChI=1S/C17H30N2O/c20-17-11-10-14(19-17)12-18-16-9-5-4-8-15(16)13-6-2-1-3-7-13/h13-16,18H,1-12H2,(H,19,20). The highest BCUT2D eigenvalue weighted by Gasteiger charge is 2.33. The molecule has 0 spiro atoms. The lowest BCUT2D eigenvalue weighted by Gasteiger charge is -2.40. The molecule has 114 valence electrons. The van der Waals surface area contributed by atoms with Gasteiger partial charge >= 0.3 is 0 Å². The molecule has 2 aliphatic carbocycles. The summed E-state index contributed by atoms with van der Waals surface area (Å²) < 4.78 is 0. The van der Waals surface area contributed by atoms with Crippen LogP contribution < -0.4 is 10.6 Å². The zero-order valence-electron chi connectivity index (χ0n) is 12.7. The van der Waals surface area contributed by atoms with Gasteiger partial charge in [0.15, 0.2) is 0 Å². The Labute approximate surface area is 123 Å². The number of carbonyl (C=O) groups excluding carboxylic acids is 1. The molecule has 0 bridgehead atoms. The van der Waals surface area contributed by atoms with E-state index >= 15 is 0 Å². The van der Waals surface area contributed by atoms with Gasteiger partial charge < -0.3 is 10.6 Å². The highest BCUT2D eigenvalue weighted by Crippen LogP contribution is 2.38. The van der Waals surface area contributed by atoms with Crippen LogP contribution >= 0.6 is 0 Å². The van der Waals surface area contributed by atoms with E-state index in [1.54, 1.807) is 0 Å². The molecular formula is C17H30N2O. The van der Waals surface area contributed by atoms with E-state index in [1.165, 1.54) is 57.8 Å². The Morgan fingerprint density at radius 2 is 1.70 bits per heavy atom. The topological polar surface area (TPSA) is 41.1 Å². The van der Waals surface area contributed by atoms with Crippen molar-refractivity contribution in [3.8, 4) is 0 Å². The van der Waals surface area contributed by atoms with Gasteiger partial charge in [-0.25, -0.2) is 0 Å². The van der Waals surface area contributed by atoms with Crippen molar-refractivity contribution in [2.45, 2.75) is 82.7 Å². The normalized spacial score (nSPS) is 36.0. The van der Waals surface area contributed by atoms with E-state index in [9.17, 15) is 4.79 Å². The highest BCUT2D eigenvalue weighted by molar-refractivity contribution is 5.78. The third-order valence-corrected chi connectivity index (χ3v) is 5.79. The van der Waals surface area contributed by atoms with Crippen molar-refractivity contribution in [2.75, 3.05) is 6.54 Å². The van der Waals surface area contributed by atoms with Gasteiger partial charge in [0.1, 0.15) is 0 Å². The molecule has 3 nitrogen and oxygen atoms in total. The van der Waals surface area contributed by atoms with E-state index in [1.807, 2.05) is 0 Å². The van der Waals surface area contributed by atoms with Crippen molar-refractivity contribution >= 4 is 5.91 Å². The summed E-state index contributed by atoms with van der Waals surface area (Å²) in [7, 11) is 0. The Morgan fingerprint density at radius 3 is 2.45 bits per heavy atom. The van der Waals surface area contributed by atoms with Crippen LogP contribution in [0.5, 0.6) is 0 Å². The molecule has 0 aromatic heterocycles. The Balaban J connectivity index is 1.50. The predicted octanol–water partition coefficient (Wildman–Crippen LogP) is 2.99. The Bertz CT molecular complexity index is 325. The van der Waals surface area contributed by atoms with Crippen LogP contribution in [0.3, 0.4) is 0 Å². The van der Waals surface area contributed by atoms with Crippen LogP contribution in [0.25, 0.3) is 0 Å². The number of hydrogen-bond donors (Lipinski definition) is 2. The molecule has 3 unspecified atom stereocenters. The molecule has 1 heterocycles. The zero-order chi connectivity index (χ0) is 13.8. The Kier molecular flexibility index (Phi) is 4.98. The molecule has 1 amide bonds. The summed E-state index contributed by atoms with van der Waals surface area (Å²) in [6, 6.07) is 1.10. The van der Waals surface area contributed by atoms with Crippen LogP contribution in [0.4, 0.5) is 0 Å². The van der Waals surface area contributed by atoms with Gasteiger partial charge in [0, 0.05) is 25.0 Å². The number of hydrogen-bond acceptors (Lipinski definition) is 2. The summed E-state index contributed by atoms with van der Waals surface area (Å²) in [4.78, 5) is 11.3. The minimum Gasteiger partial charge on any atom is -0.352 e. The lowest BCUT2D eigenvalue weighted by Crippen LogP contribution is -2.47. The monoisotopic (exact) mass is 278 g/mol. The van der Waals surface area contributed by atoms with Gasteiger partial charge in [-0.2, -0.15) is 0 Å². The molecule has 1 aliphatic heterocycles. The number of amides is 1. The fraction of sp³-hybridized carbons (Fsp3) is 0.941. The third kappa shape index (κ3) is 3.55. The lowest BCUT2D eigenvalue weighted by atomic mass is 9.71. The Hall–Kier alpha value is -0.570. The molecule has 3 heteroatoms. The van der Waals surface area contributed by atoms with E-state index < -0.39 is 0 Å². The van der Waals surface area contributed by atoms with Crippen LogP contribution in [0.1, 0.15) is 70.6 Å². The van der Waals surface area contributed by atoms with Crippen LogP contribution in [0.15, 0.2) is 0 Å². The molecule has 0 aromatic carbocycles. The first kappa shape index (κ1) is 14.4. The van der Waals surface area contributed by atoms with E-state index in [0.717, 1.165) is 31.2 Å². The molecule has 3 aliphatic rings. The first-order valence-corrected chi connectivity index (χ1v) is 8.85. The van der Waals surface area contributed by atoms with Gasteiger partial charge in [-0.1, -0.05) is 44.9 Å². The van der Waals surface area contributed by atoms with Crippen molar-refractivity contribution in [3.05, 3.63) is 0 Å². The summed E-state index contributed by atoms with van der Waals surface area (Å²) in [5, 5.41) is 6.90.